The predicted molar refractivity (Wildman–Crippen MR) is 78.1 cm³/mol. The molecule has 2 rings (SSSR count). The Morgan fingerprint density at radius 2 is 1.79 bits per heavy atom. The molecular weight excluding hydrogens is 348 g/mol. The molecule has 9 heteroatoms. The third-order valence-electron chi connectivity index (χ3n) is 3.24. The highest BCUT2D eigenvalue weighted by molar-refractivity contribution is 7.92. The van der Waals surface area contributed by atoms with Crippen LogP contribution in [0.25, 0.3) is 0 Å². The lowest BCUT2D eigenvalue weighted by Gasteiger charge is -2.20. The Bertz CT molecular complexity index is 918. The highest BCUT2D eigenvalue weighted by atomic mass is 32.2. The van der Waals surface area contributed by atoms with E-state index in [9.17, 15) is 26.0 Å². The molecule has 126 valence electrons. The van der Waals surface area contributed by atoms with E-state index in [1.165, 1.54) is 24.3 Å². The molecule has 0 aliphatic rings. The Hall–Kier alpha value is -2.60. The summed E-state index contributed by atoms with van der Waals surface area (Å²) in [6.45, 7) is 0. The summed E-state index contributed by atoms with van der Waals surface area (Å²) in [6.07, 6.45) is -4.81. The van der Waals surface area contributed by atoms with Crippen molar-refractivity contribution in [1.82, 2.24) is 0 Å². The first-order chi connectivity index (χ1) is 11.1. The van der Waals surface area contributed by atoms with Gasteiger partial charge in [-0.1, -0.05) is 6.07 Å². The second-order valence-corrected chi connectivity index (χ2v) is 6.72. The molecule has 0 saturated heterocycles. The Morgan fingerprint density at radius 1 is 1.12 bits per heavy atom. The zero-order chi connectivity index (χ0) is 18.1. The van der Waals surface area contributed by atoms with Crippen LogP contribution < -0.4 is 4.31 Å². The molecule has 24 heavy (non-hydrogen) atoms. The monoisotopic (exact) mass is 358 g/mol. The minimum atomic E-state index is -4.81. The average Bonchev–Trinajstić information content (AvgIpc) is 2.53. The third-order valence-corrected chi connectivity index (χ3v) is 5.04. The van der Waals surface area contributed by atoms with Crippen LogP contribution in [0.15, 0.2) is 47.4 Å². The maximum Gasteiger partial charge on any atom is 0.416 e. The van der Waals surface area contributed by atoms with Crippen LogP contribution in [0, 0.1) is 17.1 Å². The first-order valence-corrected chi connectivity index (χ1v) is 7.87. The van der Waals surface area contributed by atoms with Gasteiger partial charge < -0.3 is 0 Å². The number of alkyl halides is 3. The van der Waals surface area contributed by atoms with Crippen molar-refractivity contribution in [2.75, 3.05) is 11.4 Å². The van der Waals surface area contributed by atoms with E-state index in [0.717, 1.165) is 7.05 Å². The summed E-state index contributed by atoms with van der Waals surface area (Å²) in [5.74, 6) is -1.30. The SMILES string of the molecule is CN(c1cccc(C#N)c1)S(=O)(=O)c1cc(C(F)(F)F)ccc1F. The molecule has 2 aromatic carbocycles. The summed E-state index contributed by atoms with van der Waals surface area (Å²) in [6, 6.07) is 8.36. The van der Waals surface area contributed by atoms with Crippen molar-refractivity contribution in [3.05, 3.63) is 59.4 Å². The fourth-order valence-electron chi connectivity index (χ4n) is 1.93. The number of hydrogen-bond donors (Lipinski definition) is 0. The molecule has 0 aliphatic carbocycles. The van der Waals surface area contributed by atoms with E-state index < -0.39 is 32.5 Å². The molecule has 0 atom stereocenters. The van der Waals surface area contributed by atoms with Gasteiger partial charge in [-0.05, 0) is 36.4 Å². The van der Waals surface area contributed by atoms with Crippen LogP contribution in [-0.2, 0) is 16.2 Å². The van der Waals surface area contributed by atoms with Crippen LogP contribution in [0.2, 0.25) is 0 Å². The van der Waals surface area contributed by atoms with Crippen molar-refractivity contribution < 1.29 is 26.0 Å². The number of benzene rings is 2. The van der Waals surface area contributed by atoms with Crippen molar-refractivity contribution >= 4 is 15.7 Å². The van der Waals surface area contributed by atoms with Crippen molar-refractivity contribution in [1.29, 1.82) is 5.26 Å². The summed E-state index contributed by atoms with van der Waals surface area (Å²) in [7, 11) is -3.52. The zero-order valence-corrected chi connectivity index (χ0v) is 13.0. The first-order valence-electron chi connectivity index (χ1n) is 6.43. The van der Waals surface area contributed by atoms with E-state index in [1.54, 1.807) is 0 Å². The Labute approximate surface area is 135 Å². The molecular formula is C15H10F4N2O2S. The van der Waals surface area contributed by atoms with Gasteiger partial charge in [0.25, 0.3) is 10.0 Å². The van der Waals surface area contributed by atoms with Gasteiger partial charge in [-0.25, -0.2) is 12.8 Å². The number of halogens is 4. The van der Waals surface area contributed by atoms with E-state index in [2.05, 4.69) is 0 Å². The molecule has 0 spiro atoms. The molecule has 2 aromatic rings. The smallest absolute Gasteiger partial charge is 0.269 e. The number of anilines is 1. The molecule has 4 nitrogen and oxygen atoms in total. The Kier molecular flexibility index (Phi) is 4.53. The van der Waals surface area contributed by atoms with E-state index in [-0.39, 0.29) is 17.3 Å². The van der Waals surface area contributed by atoms with Crippen molar-refractivity contribution in [2.45, 2.75) is 11.1 Å². The van der Waals surface area contributed by atoms with Gasteiger partial charge in [-0.15, -0.1) is 0 Å². The minimum absolute atomic E-state index is 0.0193. The molecule has 0 amide bonds. The second-order valence-electron chi connectivity index (χ2n) is 4.78. The van der Waals surface area contributed by atoms with Crippen LogP contribution in [-0.4, -0.2) is 15.5 Å². The highest BCUT2D eigenvalue weighted by Crippen LogP contribution is 2.33. The summed E-state index contributed by atoms with van der Waals surface area (Å²) >= 11 is 0. The summed E-state index contributed by atoms with van der Waals surface area (Å²) in [4.78, 5) is -1.10. The van der Waals surface area contributed by atoms with E-state index in [0.29, 0.717) is 16.4 Å². The highest BCUT2D eigenvalue weighted by Gasteiger charge is 2.34. The number of nitriles is 1. The predicted octanol–water partition coefficient (Wildman–Crippen LogP) is 3.54. The van der Waals surface area contributed by atoms with Crippen LogP contribution in [0.4, 0.5) is 23.2 Å². The molecule has 0 unspecified atom stereocenters. The average molecular weight is 358 g/mol. The Morgan fingerprint density at radius 3 is 2.38 bits per heavy atom. The molecule has 0 fully saturated rings. The fraction of sp³-hybridized carbons (Fsp3) is 0.133. The first kappa shape index (κ1) is 17.7. The quantitative estimate of drug-likeness (QED) is 0.789. The molecule has 0 heterocycles. The van der Waals surface area contributed by atoms with Gasteiger partial charge in [-0.2, -0.15) is 18.4 Å². The molecule has 0 N–H and O–H groups in total. The molecule has 0 radical (unpaired) electrons. The number of hydrogen-bond acceptors (Lipinski definition) is 3. The van der Waals surface area contributed by atoms with Crippen LogP contribution in [0.3, 0.4) is 0 Å². The van der Waals surface area contributed by atoms with Crippen molar-refractivity contribution in [2.24, 2.45) is 0 Å². The second kappa shape index (κ2) is 6.13. The van der Waals surface area contributed by atoms with Crippen LogP contribution >= 0.6 is 0 Å². The van der Waals surface area contributed by atoms with Gasteiger partial charge in [0.1, 0.15) is 10.7 Å². The summed E-state index contributed by atoms with van der Waals surface area (Å²) < 4.78 is 77.6. The van der Waals surface area contributed by atoms with Crippen LogP contribution in [0.5, 0.6) is 0 Å². The molecule has 0 bridgehead atoms. The Balaban J connectivity index is 2.56. The summed E-state index contributed by atoms with van der Waals surface area (Å²) in [5.41, 5.74) is -1.11. The van der Waals surface area contributed by atoms with Gasteiger partial charge in [-0.3, -0.25) is 4.31 Å². The third kappa shape index (κ3) is 3.33. The number of nitrogens with zero attached hydrogens (tertiary/aromatic N) is 2. The van der Waals surface area contributed by atoms with Gasteiger partial charge in [0.2, 0.25) is 0 Å². The lowest BCUT2D eigenvalue weighted by Crippen LogP contribution is -2.27. The van der Waals surface area contributed by atoms with E-state index >= 15 is 0 Å². The van der Waals surface area contributed by atoms with Gasteiger partial charge in [0.05, 0.1) is 22.9 Å². The van der Waals surface area contributed by atoms with E-state index in [1.807, 2.05) is 6.07 Å². The lowest BCUT2D eigenvalue weighted by atomic mass is 10.2. The minimum Gasteiger partial charge on any atom is -0.269 e. The van der Waals surface area contributed by atoms with Crippen molar-refractivity contribution in [3.8, 4) is 6.07 Å². The maximum atomic E-state index is 13.8. The molecule has 0 aromatic heterocycles. The topological polar surface area (TPSA) is 61.2 Å². The normalized spacial score (nSPS) is 11.8. The molecule has 0 aliphatic heterocycles. The van der Waals surface area contributed by atoms with Crippen LogP contribution in [0.1, 0.15) is 11.1 Å². The molecule has 0 saturated carbocycles. The van der Waals surface area contributed by atoms with E-state index in [4.69, 9.17) is 5.26 Å². The fourth-order valence-corrected chi connectivity index (χ4v) is 3.21. The van der Waals surface area contributed by atoms with Crippen molar-refractivity contribution in [3.63, 3.8) is 0 Å². The van der Waals surface area contributed by atoms with Gasteiger partial charge in [0.15, 0.2) is 0 Å². The van der Waals surface area contributed by atoms with Gasteiger partial charge in [0, 0.05) is 7.05 Å². The lowest BCUT2D eigenvalue weighted by molar-refractivity contribution is -0.137. The maximum absolute atomic E-state index is 13.8. The summed E-state index contributed by atoms with van der Waals surface area (Å²) in [5, 5.41) is 8.83. The zero-order valence-electron chi connectivity index (χ0n) is 12.2. The number of sulfonamides is 1. The largest absolute Gasteiger partial charge is 0.416 e. The standard InChI is InChI=1S/C15H10F4N2O2S/c1-21(12-4-2-3-10(7-12)9-20)24(22,23)14-8-11(15(17,18)19)5-6-13(14)16/h2-8H,1H3. The van der Waals surface area contributed by atoms with Gasteiger partial charge >= 0.3 is 6.18 Å². The number of rotatable bonds is 3.